The van der Waals surface area contributed by atoms with E-state index in [1.165, 1.54) is 0 Å². The fourth-order valence-electron chi connectivity index (χ4n) is 1.99. The fourth-order valence-corrected chi connectivity index (χ4v) is 1.99. The zero-order valence-corrected chi connectivity index (χ0v) is 11.2. The molecule has 0 aliphatic heterocycles. The standard InChI is InChI=1S/C14H20N4/c1-4-12(5-2)16-13-8-6-11(7-9-13)14-17-15-10-18(14)3/h6-10,12,16H,4-5H2,1-3H3. The average Bonchev–Trinajstić information content (AvgIpc) is 2.83. The molecule has 1 aromatic carbocycles. The summed E-state index contributed by atoms with van der Waals surface area (Å²) < 4.78 is 1.92. The summed E-state index contributed by atoms with van der Waals surface area (Å²) in [5.74, 6) is 0.893. The second-order valence-corrected chi connectivity index (χ2v) is 4.50. The Balaban J connectivity index is 2.13. The first-order valence-corrected chi connectivity index (χ1v) is 6.45. The molecule has 4 heteroatoms. The number of anilines is 1. The Bertz CT molecular complexity index is 483. The number of nitrogens with zero attached hydrogens (tertiary/aromatic N) is 3. The third kappa shape index (κ3) is 2.70. The van der Waals surface area contributed by atoms with E-state index in [-0.39, 0.29) is 0 Å². The van der Waals surface area contributed by atoms with Crippen molar-refractivity contribution in [3.8, 4) is 11.4 Å². The normalized spacial score (nSPS) is 10.9. The third-order valence-corrected chi connectivity index (χ3v) is 3.21. The summed E-state index contributed by atoms with van der Waals surface area (Å²) in [6, 6.07) is 8.90. The molecule has 0 saturated carbocycles. The smallest absolute Gasteiger partial charge is 0.163 e. The van der Waals surface area contributed by atoms with Crippen LogP contribution in [0.3, 0.4) is 0 Å². The third-order valence-electron chi connectivity index (χ3n) is 3.21. The second kappa shape index (κ2) is 5.67. The van der Waals surface area contributed by atoms with Crippen molar-refractivity contribution in [1.29, 1.82) is 0 Å². The van der Waals surface area contributed by atoms with E-state index in [1.807, 2.05) is 11.6 Å². The molecule has 0 saturated heterocycles. The monoisotopic (exact) mass is 244 g/mol. The number of hydrogen-bond donors (Lipinski definition) is 1. The summed E-state index contributed by atoms with van der Waals surface area (Å²) in [5, 5.41) is 11.5. The van der Waals surface area contributed by atoms with Gasteiger partial charge in [0.2, 0.25) is 0 Å². The minimum Gasteiger partial charge on any atom is -0.382 e. The molecule has 18 heavy (non-hydrogen) atoms. The van der Waals surface area contributed by atoms with Crippen LogP contribution < -0.4 is 5.32 Å². The van der Waals surface area contributed by atoms with Gasteiger partial charge in [0.05, 0.1) is 0 Å². The highest BCUT2D eigenvalue weighted by molar-refractivity contribution is 5.59. The van der Waals surface area contributed by atoms with Crippen LogP contribution in [0.15, 0.2) is 30.6 Å². The van der Waals surface area contributed by atoms with E-state index in [4.69, 9.17) is 0 Å². The predicted molar refractivity (Wildman–Crippen MR) is 74.4 cm³/mol. The van der Waals surface area contributed by atoms with Crippen LogP contribution in [0, 0.1) is 0 Å². The molecule has 0 fully saturated rings. The van der Waals surface area contributed by atoms with Gasteiger partial charge in [-0.05, 0) is 37.1 Å². The van der Waals surface area contributed by atoms with Crippen LogP contribution in [0.1, 0.15) is 26.7 Å². The highest BCUT2D eigenvalue weighted by Crippen LogP contribution is 2.19. The zero-order valence-electron chi connectivity index (χ0n) is 11.2. The van der Waals surface area contributed by atoms with Crippen LogP contribution in [0.5, 0.6) is 0 Å². The Morgan fingerprint density at radius 1 is 1.17 bits per heavy atom. The maximum absolute atomic E-state index is 4.10. The van der Waals surface area contributed by atoms with Gasteiger partial charge in [-0.15, -0.1) is 10.2 Å². The Morgan fingerprint density at radius 2 is 1.83 bits per heavy atom. The van der Waals surface area contributed by atoms with Crippen molar-refractivity contribution in [2.75, 3.05) is 5.32 Å². The van der Waals surface area contributed by atoms with Crippen LogP contribution in [0.4, 0.5) is 5.69 Å². The van der Waals surface area contributed by atoms with Crippen LogP contribution in [-0.2, 0) is 7.05 Å². The molecular formula is C14H20N4. The Kier molecular flexibility index (Phi) is 3.97. The lowest BCUT2D eigenvalue weighted by atomic mass is 10.1. The van der Waals surface area contributed by atoms with Crippen molar-refractivity contribution in [3.05, 3.63) is 30.6 Å². The van der Waals surface area contributed by atoms with E-state index >= 15 is 0 Å². The summed E-state index contributed by atoms with van der Waals surface area (Å²) in [4.78, 5) is 0. The molecule has 0 atom stereocenters. The average molecular weight is 244 g/mol. The van der Waals surface area contributed by atoms with Crippen molar-refractivity contribution in [2.45, 2.75) is 32.7 Å². The second-order valence-electron chi connectivity index (χ2n) is 4.50. The number of aryl methyl sites for hydroxylation is 1. The molecule has 0 amide bonds. The van der Waals surface area contributed by atoms with Crippen LogP contribution in [0.2, 0.25) is 0 Å². The first-order valence-electron chi connectivity index (χ1n) is 6.45. The minimum absolute atomic E-state index is 0.547. The Labute approximate surface area is 108 Å². The molecule has 1 N–H and O–H groups in total. The van der Waals surface area contributed by atoms with E-state index in [1.54, 1.807) is 6.33 Å². The molecule has 96 valence electrons. The van der Waals surface area contributed by atoms with Gasteiger partial charge in [-0.3, -0.25) is 0 Å². The van der Waals surface area contributed by atoms with Crippen LogP contribution >= 0.6 is 0 Å². The van der Waals surface area contributed by atoms with Gasteiger partial charge in [-0.1, -0.05) is 13.8 Å². The fraction of sp³-hybridized carbons (Fsp3) is 0.429. The summed E-state index contributed by atoms with van der Waals surface area (Å²) in [6.07, 6.45) is 3.99. The highest BCUT2D eigenvalue weighted by Gasteiger charge is 2.06. The molecule has 4 nitrogen and oxygen atoms in total. The molecule has 2 aromatic rings. The van der Waals surface area contributed by atoms with Gasteiger partial charge in [-0.2, -0.15) is 0 Å². The van der Waals surface area contributed by atoms with Crippen molar-refractivity contribution >= 4 is 5.69 Å². The van der Waals surface area contributed by atoms with E-state index in [9.17, 15) is 0 Å². The molecule has 0 unspecified atom stereocenters. The van der Waals surface area contributed by atoms with Crippen molar-refractivity contribution in [2.24, 2.45) is 7.05 Å². The lowest BCUT2D eigenvalue weighted by Gasteiger charge is -2.16. The van der Waals surface area contributed by atoms with Crippen LogP contribution in [0.25, 0.3) is 11.4 Å². The van der Waals surface area contributed by atoms with Crippen LogP contribution in [-0.4, -0.2) is 20.8 Å². The quantitative estimate of drug-likeness (QED) is 0.879. The van der Waals surface area contributed by atoms with E-state index < -0.39 is 0 Å². The van der Waals surface area contributed by atoms with Crippen molar-refractivity contribution < 1.29 is 0 Å². The maximum atomic E-state index is 4.10. The van der Waals surface area contributed by atoms with Gasteiger partial charge in [0.15, 0.2) is 5.82 Å². The lowest BCUT2D eigenvalue weighted by Crippen LogP contribution is -2.16. The predicted octanol–water partition coefficient (Wildman–Crippen LogP) is 3.08. The Morgan fingerprint density at radius 3 is 2.33 bits per heavy atom. The number of aromatic nitrogens is 3. The minimum atomic E-state index is 0.547. The largest absolute Gasteiger partial charge is 0.382 e. The molecule has 0 spiro atoms. The molecule has 0 bridgehead atoms. The SMILES string of the molecule is CCC(CC)Nc1ccc(-c2nncn2C)cc1. The molecule has 0 radical (unpaired) electrons. The molecule has 2 rings (SSSR count). The molecule has 1 aromatic heterocycles. The molecule has 0 aliphatic rings. The maximum Gasteiger partial charge on any atom is 0.163 e. The van der Waals surface area contributed by atoms with Gasteiger partial charge < -0.3 is 9.88 Å². The summed E-state index contributed by atoms with van der Waals surface area (Å²) >= 11 is 0. The topological polar surface area (TPSA) is 42.7 Å². The van der Waals surface area contributed by atoms with E-state index in [0.717, 1.165) is 29.9 Å². The molecular weight excluding hydrogens is 224 g/mol. The number of nitrogens with one attached hydrogen (secondary N) is 1. The highest BCUT2D eigenvalue weighted by atomic mass is 15.2. The number of hydrogen-bond acceptors (Lipinski definition) is 3. The molecule has 0 aliphatic carbocycles. The van der Waals surface area contributed by atoms with E-state index in [2.05, 4.69) is 53.6 Å². The van der Waals surface area contributed by atoms with Gasteiger partial charge in [0.25, 0.3) is 0 Å². The van der Waals surface area contributed by atoms with E-state index in [0.29, 0.717) is 6.04 Å². The zero-order chi connectivity index (χ0) is 13.0. The number of rotatable bonds is 5. The lowest BCUT2D eigenvalue weighted by molar-refractivity contribution is 0.672. The summed E-state index contributed by atoms with van der Waals surface area (Å²) in [5.41, 5.74) is 2.25. The summed E-state index contributed by atoms with van der Waals surface area (Å²) in [6.45, 7) is 4.41. The van der Waals surface area contributed by atoms with Gasteiger partial charge in [0.1, 0.15) is 6.33 Å². The number of benzene rings is 1. The first-order chi connectivity index (χ1) is 8.74. The Hall–Kier alpha value is -1.84. The van der Waals surface area contributed by atoms with Crippen molar-refractivity contribution in [3.63, 3.8) is 0 Å². The van der Waals surface area contributed by atoms with Gasteiger partial charge in [-0.25, -0.2) is 0 Å². The first kappa shape index (κ1) is 12.6. The van der Waals surface area contributed by atoms with Gasteiger partial charge in [0, 0.05) is 24.3 Å². The molecule has 1 heterocycles. The van der Waals surface area contributed by atoms with Gasteiger partial charge >= 0.3 is 0 Å². The summed E-state index contributed by atoms with van der Waals surface area (Å²) in [7, 11) is 1.95. The van der Waals surface area contributed by atoms with Crippen molar-refractivity contribution in [1.82, 2.24) is 14.8 Å².